The van der Waals surface area contributed by atoms with Crippen LogP contribution in [-0.2, 0) is 0 Å². The fourth-order valence-corrected chi connectivity index (χ4v) is 10.1. The molecule has 0 unspecified atom stereocenters. The van der Waals surface area contributed by atoms with E-state index in [1.165, 1.54) is 121 Å². The van der Waals surface area contributed by atoms with Gasteiger partial charge in [-0.2, -0.15) is 0 Å². The Kier molecular flexibility index (Phi) is 8.61. The first-order valence-electron chi connectivity index (χ1n) is 21.5. The summed E-state index contributed by atoms with van der Waals surface area (Å²) in [5, 5.41) is 12.5. The quantitative estimate of drug-likeness (QED) is 0.116. The summed E-state index contributed by atoms with van der Waals surface area (Å²) in [4.78, 5) is 0. The van der Waals surface area contributed by atoms with Crippen molar-refractivity contribution in [1.82, 2.24) is 0 Å². The van der Waals surface area contributed by atoms with Crippen molar-refractivity contribution in [2.45, 2.75) is 0 Å². The summed E-state index contributed by atoms with van der Waals surface area (Å²) in [6.45, 7) is 0. The van der Waals surface area contributed by atoms with Crippen molar-refractivity contribution >= 4 is 53.9 Å². The molecule has 0 heteroatoms. The molecule has 0 saturated carbocycles. The molecule has 0 nitrogen and oxygen atoms in total. The van der Waals surface area contributed by atoms with Gasteiger partial charge in [0.05, 0.1) is 0 Å². The van der Waals surface area contributed by atoms with Crippen LogP contribution in [0.5, 0.6) is 0 Å². The number of hydrogen-bond acceptors (Lipinski definition) is 0. The first-order chi connectivity index (χ1) is 30.8. The van der Waals surface area contributed by atoms with Gasteiger partial charge in [-0.15, -0.1) is 0 Å². The smallest absolute Gasteiger partial charge is 0.00261 e. The maximum Gasteiger partial charge on any atom is -0.00261 e. The van der Waals surface area contributed by atoms with E-state index in [2.05, 4.69) is 243 Å². The normalized spacial score (nSPS) is 11.5. The van der Waals surface area contributed by atoms with Crippen LogP contribution in [0.15, 0.2) is 243 Å². The van der Waals surface area contributed by atoms with Crippen molar-refractivity contribution in [3.05, 3.63) is 243 Å². The third-order valence-electron chi connectivity index (χ3n) is 12.9. The molecule has 0 bridgehead atoms. The van der Waals surface area contributed by atoms with E-state index in [-0.39, 0.29) is 0 Å². The van der Waals surface area contributed by atoms with Gasteiger partial charge in [-0.3, -0.25) is 0 Å². The maximum absolute atomic E-state index is 2.47. The summed E-state index contributed by atoms with van der Waals surface area (Å²) in [5.74, 6) is 0. The van der Waals surface area contributed by atoms with Gasteiger partial charge in [-0.05, 0) is 139 Å². The van der Waals surface area contributed by atoms with Gasteiger partial charge in [-0.25, -0.2) is 0 Å². The minimum absolute atomic E-state index is 1.19. The van der Waals surface area contributed by atoms with Gasteiger partial charge in [0.1, 0.15) is 0 Å². The Hall–Kier alpha value is -8.06. The van der Waals surface area contributed by atoms with Crippen LogP contribution >= 0.6 is 0 Å². The van der Waals surface area contributed by atoms with Crippen molar-refractivity contribution in [3.8, 4) is 66.8 Å². The Labute approximate surface area is 361 Å². The second kappa shape index (κ2) is 14.9. The highest BCUT2D eigenvalue weighted by Crippen LogP contribution is 2.47. The van der Waals surface area contributed by atoms with Crippen LogP contribution in [0.25, 0.3) is 121 Å². The largest absolute Gasteiger partial charge is 0.0622 e. The van der Waals surface area contributed by atoms with Gasteiger partial charge in [0.2, 0.25) is 0 Å². The Morgan fingerprint density at radius 1 is 0.161 bits per heavy atom. The molecule has 12 rings (SSSR count). The van der Waals surface area contributed by atoms with Crippen molar-refractivity contribution in [2.75, 3.05) is 0 Å². The van der Waals surface area contributed by atoms with E-state index < -0.39 is 0 Å². The van der Waals surface area contributed by atoms with Gasteiger partial charge in [-0.1, -0.05) is 224 Å². The second-order valence-corrected chi connectivity index (χ2v) is 16.3. The van der Waals surface area contributed by atoms with E-state index in [1.54, 1.807) is 0 Å². The van der Waals surface area contributed by atoms with E-state index in [0.717, 1.165) is 0 Å². The van der Waals surface area contributed by atoms with E-state index in [9.17, 15) is 0 Å². The zero-order valence-electron chi connectivity index (χ0n) is 34.1. The third kappa shape index (κ3) is 5.92. The molecule has 0 spiro atoms. The summed E-state index contributed by atoms with van der Waals surface area (Å²) < 4.78 is 0. The summed E-state index contributed by atoms with van der Waals surface area (Å²) in [6, 6.07) is 89.4. The predicted octanol–water partition coefficient (Wildman–Crippen LogP) is 17.5. The highest BCUT2D eigenvalue weighted by Gasteiger charge is 2.20. The Balaban J connectivity index is 1.13. The minimum Gasteiger partial charge on any atom is -0.0622 e. The average molecular weight is 785 g/mol. The molecule has 12 aromatic rings. The summed E-state index contributed by atoms with van der Waals surface area (Å²) >= 11 is 0. The highest BCUT2D eigenvalue weighted by atomic mass is 14.2. The van der Waals surface area contributed by atoms with Crippen LogP contribution in [0.4, 0.5) is 0 Å². The number of fused-ring (bicyclic) bond motifs is 6. The van der Waals surface area contributed by atoms with Gasteiger partial charge in [0, 0.05) is 0 Å². The van der Waals surface area contributed by atoms with Crippen LogP contribution < -0.4 is 0 Å². The third-order valence-corrected chi connectivity index (χ3v) is 12.9. The molecule has 288 valence electrons. The predicted molar refractivity (Wildman–Crippen MR) is 267 cm³/mol. The monoisotopic (exact) mass is 784 g/mol. The van der Waals surface area contributed by atoms with Crippen LogP contribution in [0, 0.1) is 0 Å². The van der Waals surface area contributed by atoms with E-state index >= 15 is 0 Å². The molecule has 0 aliphatic heterocycles. The number of rotatable bonds is 6. The molecule has 0 fully saturated rings. The SMILES string of the molecule is c1ccc(-c2ccccc2-c2ccc(-c3cccc(-c4cc5ccccc5c5ccccc45)c3)c3cc(-c4c5ccccc5c(-c5ccccc5)c5ccccc45)ccc23)cc1. The zero-order valence-corrected chi connectivity index (χ0v) is 34.1. The lowest BCUT2D eigenvalue weighted by molar-refractivity contribution is 1.59. The first kappa shape index (κ1) is 35.8. The lowest BCUT2D eigenvalue weighted by Gasteiger charge is -2.20. The molecule has 0 amide bonds. The first-order valence-corrected chi connectivity index (χ1v) is 21.5. The van der Waals surface area contributed by atoms with E-state index in [1.807, 2.05) is 0 Å². The van der Waals surface area contributed by atoms with Gasteiger partial charge in [0.15, 0.2) is 0 Å². The number of hydrogen-bond donors (Lipinski definition) is 0. The molecule has 12 aromatic carbocycles. The van der Waals surface area contributed by atoms with Crippen LogP contribution in [0.1, 0.15) is 0 Å². The molecule has 0 atom stereocenters. The minimum atomic E-state index is 1.19. The van der Waals surface area contributed by atoms with Gasteiger partial charge >= 0.3 is 0 Å². The fraction of sp³-hybridized carbons (Fsp3) is 0. The summed E-state index contributed by atoms with van der Waals surface area (Å²) in [7, 11) is 0. The standard InChI is InChI=1S/C62H40/c1-3-18-41(19-4-1)47-25-9-10-27-50(47)53-37-36-49(43-23-17-24-44(38-43)59-39-45-22-7-8-26-48(45)51-28-11-12-29-52(51)59)60-40-46(34-35-54(53)60)62-57-32-15-13-30-55(57)61(42-20-5-2-6-21-42)56-31-14-16-33-58(56)62/h1-40H. The number of benzene rings is 12. The van der Waals surface area contributed by atoms with Crippen molar-refractivity contribution in [3.63, 3.8) is 0 Å². The van der Waals surface area contributed by atoms with Crippen LogP contribution in [0.3, 0.4) is 0 Å². The molecule has 0 heterocycles. The molecule has 0 radical (unpaired) electrons. The Morgan fingerprint density at radius 2 is 0.629 bits per heavy atom. The van der Waals surface area contributed by atoms with Crippen molar-refractivity contribution in [1.29, 1.82) is 0 Å². The molecule has 0 aromatic heterocycles. The average Bonchev–Trinajstić information content (AvgIpc) is 3.35. The molecule has 62 heavy (non-hydrogen) atoms. The van der Waals surface area contributed by atoms with Crippen molar-refractivity contribution in [2.24, 2.45) is 0 Å². The highest BCUT2D eigenvalue weighted by molar-refractivity contribution is 6.22. The second-order valence-electron chi connectivity index (χ2n) is 16.3. The molecule has 0 aliphatic rings. The molecule has 0 aliphatic carbocycles. The molecular weight excluding hydrogens is 745 g/mol. The molecule has 0 saturated heterocycles. The molecular formula is C62H40. The lowest BCUT2D eigenvalue weighted by Crippen LogP contribution is -1.93. The van der Waals surface area contributed by atoms with Gasteiger partial charge < -0.3 is 0 Å². The lowest BCUT2D eigenvalue weighted by atomic mass is 9.84. The van der Waals surface area contributed by atoms with E-state index in [0.29, 0.717) is 0 Å². The zero-order chi connectivity index (χ0) is 41.0. The van der Waals surface area contributed by atoms with Gasteiger partial charge in [0.25, 0.3) is 0 Å². The molecule has 0 N–H and O–H groups in total. The fourth-order valence-electron chi connectivity index (χ4n) is 10.1. The summed E-state index contributed by atoms with van der Waals surface area (Å²) in [5.41, 5.74) is 14.7. The Morgan fingerprint density at radius 3 is 1.31 bits per heavy atom. The summed E-state index contributed by atoms with van der Waals surface area (Å²) in [6.07, 6.45) is 0. The maximum atomic E-state index is 2.47. The Bertz CT molecular complexity index is 3610. The van der Waals surface area contributed by atoms with Crippen LogP contribution in [-0.4, -0.2) is 0 Å². The topological polar surface area (TPSA) is 0 Å². The van der Waals surface area contributed by atoms with Crippen LogP contribution in [0.2, 0.25) is 0 Å². The van der Waals surface area contributed by atoms with E-state index in [4.69, 9.17) is 0 Å². The van der Waals surface area contributed by atoms with Crippen molar-refractivity contribution < 1.29 is 0 Å².